The molecule has 1 amide bonds. The largest absolute Gasteiger partial charge is 0.381 e. The van der Waals surface area contributed by atoms with Crippen LogP contribution in [0, 0.1) is 23.6 Å². The third-order valence-electron chi connectivity index (χ3n) is 9.77. The predicted octanol–water partition coefficient (Wildman–Crippen LogP) is 9.09. The molecule has 1 saturated heterocycles. The number of carbonyl (C=O) groups is 1. The van der Waals surface area contributed by atoms with E-state index in [1.165, 1.54) is 55.0 Å². The van der Waals surface area contributed by atoms with Gasteiger partial charge in [-0.25, -0.2) is 4.39 Å². The summed E-state index contributed by atoms with van der Waals surface area (Å²) < 4.78 is 19.2. The molecule has 42 heavy (non-hydrogen) atoms. The number of aryl methyl sites for hydroxylation is 1. The number of halogens is 2. The van der Waals surface area contributed by atoms with E-state index in [0.717, 1.165) is 63.4 Å². The zero-order valence-electron chi connectivity index (χ0n) is 25.3. The second kappa shape index (κ2) is 15.5. The molecule has 2 aliphatic carbocycles. The number of amides is 1. The highest BCUT2D eigenvalue weighted by Gasteiger charge is 2.34. The fourth-order valence-electron chi connectivity index (χ4n) is 7.29. The van der Waals surface area contributed by atoms with Gasteiger partial charge in [-0.15, -0.1) is 0 Å². The van der Waals surface area contributed by atoms with Gasteiger partial charge in [-0.1, -0.05) is 42.2 Å². The molecule has 1 saturated carbocycles. The van der Waals surface area contributed by atoms with E-state index in [9.17, 15) is 9.18 Å². The third-order valence-corrected chi connectivity index (χ3v) is 9.99. The molecule has 1 aromatic rings. The minimum absolute atomic E-state index is 0.0510. The van der Waals surface area contributed by atoms with Crippen molar-refractivity contribution >= 4 is 23.2 Å². The van der Waals surface area contributed by atoms with E-state index in [-0.39, 0.29) is 29.6 Å². The summed E-state index contributed by atoms with van der Waals surface area (Å²) in [6.07, 6.45) is 22.7. The van der Waals surface area contributed by atoms with Crippen LogP contribution >= 0.6 is 11.6 Å². The standard InChI is InChI=1S/C36H48ClFN2O2/c1-25-9-8-18-39-35(34-16-4-2-3-15-32(25)34)21-26-10-5-13-31(14-6-11-26)40-36(41)33(28-23-42-24-28)17-7-12-27-19-29(37)22-30(38)20-27/h8,16,18-20,22,26,28,31,33H,2-7,9-15,17,21,23-24H2,1H3,(H,40,41)/b18-8+,32-25?,39-35?. The topological polar surface area (TPSA) is 50.7 Å². The van der Waals surface area contributed by atoms with Crippen molar-refractivity contribution in [1.82, 2.24) is 5.32 Å². The van der Waals surface area contributed by atoms with E-state index in [2.05, 4.69) is 24.4 Å². The predicted molar refractivity (Wildman–Crippen MR) is 170 cm³/mol. The molecular formula is C36H48ClFN2O2. The summed E-state index contributed by atoms with van der Waals surface area (Å²) in [5.74, 6) is 0.741. The van der Waals surface area contributed by atoms with E-state index in [1.807, 2.05) is 12.3 Å². The van der Waals surface area contributed by atoms with Crippen LogP contribution in [-0.2, 0) is 16.0 Å². The average molecular weight is 595 g/mol. The summed E-state index contributed by atoms with van der Waals surface area (Å²) in [6, 6.07) is 4.93. The molecule has 2 fully saturated rings. The maximum Gasteiger partial charge on any atom is 0.223 e. The fourth-order valence-corrected chi connectivity index (χ4v) is 7.53. The summed E-state index contributed by atoms with van der Waals surface area (Å²) in [4.78, 5) is 18.5. The van der Waals surface area contributed by atoms with Crippen molar-refractivity contribution in [1.29, 1.82) is 0 Å². The van der Waals surface area contributed by atoms with Gasteiger partial charge >= 0.3 is 0 Å². The molecule has 2 heterocycles. The summed E-state index contributed by atoms with van der Waals surface area (Å²) in [6.45, 7) is 3.61. The highest BCUT2D eigenvalue weighted by atomic mass is 35.5. The van der Waals surface area contributed by atoms with Gasteiger partial charge in [0.15, 0.2) is 0 Å². The van der Waals surface area contributed by atoms with Gasteiger partial charge in [0.05, 0.1) is 13.2 Å². The Morgan fingerprint density at radius 2 is 1.93 bits per heavy atom. The van der Waals surface area contributed by atoms with E-state index < -0.39 is 0 Å². The summed E-state index contributed by atoms with van der Waals surface area (Å²) >= 11 is 6.03. The van der Waals surface area contributed by atoms with Gasteiger partial charge in [-0.2, -0.15) is 0 Å². The molecule has 0 bridgehead atoms. The van der Waals surface area contributed by atoms with E-state index >= 15 is 0 Å². The Bertz CT molecular complexity index is 1180. The second-order valence-electron chi connectivity index (χ2n) is 13.0. The molecule has 4 aliphatic rings. The third kappa shape index (κ3) is 8.66. The summed E-state index contributed by atoms with van der Waals surface area (Å²) in [5, 5.41) is 3.86. The van der Waals surface area contributed by atoms with Crippen LogP contribution in [0.15, 0.2) is 58.3 Å². The monoisotopic (exact) mass is 594 g/mol. The lowest BCUT2D eigenvalue weighted by Gasteiger charge is -2.34. The van der Waals surface area contributed by atoms with Crippen molar-refractivity contribution in [2.45, 2.75) is 109 Å². The quantitative estimate of drug-likeness (QED) is 0.310. The smallest absolute Gasteiger partial charge is 0.223 e. The van der Waals surface area contributed by atoms with Gasteiger partial charge in [-0.3, -0.25) is 9.79 Å². The maximum absolute atomic E-state index is 13.7. The number of rotatable bonds is 9. The van der Waals surface area contributed by atoms with Crippen LogP contribution in [0.5, 0.6) is 0 Å². The Balaban J connectivity index is 1.12. The molecule has 1 aromatic carbocycles. The lowest BCUT2D eigenvalue weighted by molar-refractivity contribution is -0.136. The number of carbonyl (C=O) groups excluding carboxylic acids is 1. The van der Waals surface area contributed by atoms with Gasteiger partial charge in [-0.05, 0) is 131 Å². The van der Waals surface area contributed by atoms with E-state index in [0.29, 0.717) is 30.6 Å². The zero-order chi connectivity index (χ0) is 29.3. The number of benzene rings is 1. The van der Waals surface area contributed by atoms with Gasteiger partial charge in [0.1, 0.15) is 5.82 Å². The number of nitrogens with one attached hydrogen (secondary N) is 1. The van der Waals surface area contributed by atoms with Crippen LogP contribution in [-0.4, -0.2) is 30.9 Å². The first-order valence-corrected chi connectivity index (χ1v) is 16.8. The molecule has 1 atom stereocenters. The molecule has 228 valence electrons. The molecule has 6 heteroatoms. The van der Waals surface area contributed by atoms with Crippen LogP contribution in [0.1, 0.15) is 102 Å². The van der Waals surface area contributed by atoms with Gasteiger partial charge in [0, 0.05) is 34.8 Å². The Labute approximate surface area is 256 Å². The minimum atomic E-state index is -0.307. The lowest BCUT2D eigenvalue weighted by Crippen LogP contribution is -2.46. The maximum atomic E-state index is 13.7. The molecule has 1 N–H and O–H groups in total. The summed E-state index contributed by atoms with van der Waals surface area (Å²) in [5.41, 5.74) is 6.68. The fraction of sp³-hybridized carbons (Fsp3) is 0.611. The van der Waals surface area contributed by atoms with Crippen LogP contribution in [0.3, 0.4) is 0 Å². The Hall–Kier alpha value is -2.24. The van der Waals surface area contributed by atoms with Crippen LogP contribution < -0.4 is 5.32 Å². The first-order valence-electron chi connectivity index (χ1n) is 16.4. The molecule has 0 radical (unpaired) electrons. The van der Waals surface area contributed by atoms with E-state index in [1.54, 1.807) is 11.6 Å². The normalized spacial score (nSPS) is 25.3. The molecule has 4 nitrogen and oxygen atoms in total. The van der Waals surface area contributed by atoms with Crippen molar-refractivity contribution in [2.24, 2.45) is 22.7 Å². The first-order chi connectivity index (χ1) is 20.5. The van der Waals surface area contributed by atoms with Gasteiger partial charge in [0.25, 0.3) is 0 Å². The number of fused-ring (bicyclic) bond motifs is 1. The average Bonchev–Trinajstić information content (AvgIpc) is 3.15. The second-order valence-corrected chi connectivity index (χ2v) is 13.4. The Kier molecular flexibility index (Phi) is 11.5. The molecular weight excluding hydrogens is 547 g/mol. The van der Waals surface area contributed by atoms with Crippen molar-refractivity contribution in [2.75, 3.05) is 13.2 Å². The van der Waals surface area contributed by atoms with Crippen LogP contribution in [0.2, 0.25) is 5.02 Å². The highest BCUT2D eigenvalue weighted by Crippen LogP contribution is 2.34. The highest BCUT2D eigenvalue weighted by molar-refractivity contribution is 6.30. The van der Waals surface area contributed by atoms with E-state index in [4.69, 9.17) is 21.3 Å². The van der Waals surface area contributed by atoms with Crippen molar-refractivity contribution in [3.8, 4) is 0 Å². The SMILES string of the molecule is CC1=C2CCCCC=C2C(CC2CCCC(NC(=O)C(CCCc3cc(F)cc(Cl)c3)C3COC3)CCC2)=N/C=C/C1. The Morgan fingerprint density at radius 1 is 1.12 bits per heavy atom. The lowest BCUT2D eigenvalue weighted by atomic mass is 9.82. The van der Waals surface area contributed by atoms with Crippen LogP contribution in [0.4, 0.5) is 4.39 Å². The molecule has 0 aromatic heterocycles. The van der Waals surface area contributed by atoms with Crippen molar-refractivity contribution in [3.63, 3.8) is 0 Å². The number of nitrogens with zero attached hydrogens (tertiary/aromatic N) is 1. The minimum Gasteiger partial charge on any atom is -0.381 e. The number of ether oxygens (including phenoxy) is 1. The van der Waals surface area contributed by atoms with Gasteiger partial charge < -0.3 is 10.1 Å². The number of hydrogen-bond donors (Lipinski definition) is 1. The van der Waals surface area contributed by atoms with Crippen molar-refractivity contribution < 1.29 is 13.9 Å². The van der Waals surface area contributed by atoms with Crippen molar-refractivity contribution in [3.05, 3.63) is 69.7 Å². The Morgan fingerprint density at radius 3 is 2.67 bits per heavy atom. The molecule has 2 aliphatic heterocycles. The number of aliphatic imine (C=N–C) groups is 1. The molecule has 0 spiro atoms. The van der Waals surface area contributed by atoms with Gasteiger partial charge in [0.2, 0.25) is 5.91 Å². The molecule has 1 unspecified atom stereocenters. The summed E-state index contributed by atoms with van der Waals surface area (Å²) in [7, 11) is 0. The number of allylic oxidation sites excluding steroid dienone is 5. The molecule has 5 rings (SSSR count). The zero-order valence-corrected chi connectivity index (χ0v) is 26.1. The first kappa shape index (κ1) is 31.2. The number of hydrogen-bond acceptors (Lipinski definition) is 3. The van der Waals surface area contributed by atoms with Crippen LogP contribution in [0.25, 0.3) is 0 Å².